The topological polar surface area (TPSA) is 110 Å². The van der Waals surface area contributed by atoms with Crippen LogP contribution in [0, 0.1) is 12.3 Å². The monoisotopic (exact) mass is 353 g/mol. The molecule has 134 valence electrons. The molecule has 0 radical (unpaired) electrons. The Balaban J connectivity index is 1.91. The summed E-state index contributed by atoms with van der Waals surface area (Å²) in [6, 6.07) is 7.59. The third-order valence-corrected chi connectivity index (χ3v) is 4.27. The van der Waals surface area contributed by atoms with Gasteiger partial charge in [-0.3, -0.25) is 14.6 Å². The van der Waals surface area contributed by atoms with E-state index in [-0.39, 0.29) is 12.2 Å². The number of hydrogen-bond acceptors (Lipinski definition) is 5. The van der Waals surface area contributed by atoms with Crippen LogP contribution in [0.4, 0.5) is 0 Å². The van der Waals surface area contributed by atoms with Crippen molar-refractivity contribution in [1.82, 2.24) is 25.3 Å². The number of aromatic nitrogens is 4. The van der Waals surface area contributed by atoms with Gasteiger partial charge in [-0.25, -0.2) is 4.68 Å². The number of aliphatic carboxylic acids is 1. The summed E-state index contributed by atoms with van der Waals surface area (Å²) in [5.41, 5.74) is 0.458. The molecule has 2 aromatic heterocycles. The Bertz CT molecular complexity index is 988. The highest BCUT2D eigenvalue weighted by Crippen LogP contribution is 2.22. The van der Waals surface area contributed by atoms with E-state index in [2.05, 4.69) is 20.6 Å². The molecule has 0 atom stereocenters. The number of carboxylic acids is 1. The van der Waals surface area contributed by atoms with E-state index in [9.17, 15) is 9.59 Å². The Hall–Kier alpha value is -3.29. The number of hydrogen-bond donors (Lipinski definition) is 2. The second-order valence-corrected chi connectivity index (χ2v) is 6.68. The zero-order chi connectivity index (χ0) is 18.9. The third kappa shape index (κ3) is 3.13. The number of amides is 1. The van der Waals surface area contributed by atoms with Gasteiger partial charge in [0.25, 0.3) is 5.91 Å². The molecule has 3 rings (SSSR count). The normalized spacial score (nSPS) is 11.5. The average Bonchev–Trinajstić information content (AvgIpc) is 3.00. The fourth-order valence-electron chi connectivity index (χ4n) is 2.52. The van der Waals surface area contributed by atoms with E-state index in [0.717, 1.165) is 16.5 Å². The fourth-order valence-corrected chi connectivity index (χ4v) is 2.52. The van der Waals surface area contributed by atoms with Crippen molar-refractivity contribution in [2.24, 2.45) is 5.41 Å². The van der Waals surface area contributed by atoms with Gasteiger partial charge in [0.1, 0.15) is 0 Å². The lowest BCUT2D eigenvalue weighted by molar-refractivity contribution is -0.146. The van der Waals surface area contributed by atoms with Gasteiger partial charge in [-0.1, -0.05) is 17.3 Å². The second-order valence-electron chi connectivity index (χ2n) is 6.68. The first-order valence-corrected chi connectivity index (χ1v) is 8.08. The van der Waals surface area contributed by atoms with Crippen LogP contribution in [0.25, 0.3) is 16.5 Å². The van der Waals surface area contributed by atoms with Crippen molar-refractivity contribution in [3.8, 4) is 5.69 Å². The van der Waals surface area contributed by atoms with Crippen molar-refractivity contribution >= 4 is 22.6 Å². The predicted molar refractivity (Wildman–Crippen MR) is 95.1 cm³/mol. The summed E-state index contributed by atoms with van der Waals surface area (Å²) in [5, 5.41) is 21.7. The molecule has 8 heteroatoms. The van der Waals surface area contributed by atoms with Crippen LogP contribution in [0.15, 0.2) is 36.7 Å². The van der Waals surface area contributed by atoms with Gasteiger partial charge in [0.2, 0.25) is 0 Å². The van der Waals surface area contributed by atoms with Crippen LogP contribution < -0.4 is 5.32 Å². The summed E-state index contributed by atoms with van der Waals surface area (Å²) in [5.74, 6) is -1.44. The first-order valence-electron chi connectivity index (χ1n) is 8.08. The SMILES string of the molecule is Cc1c(C(=O)NCC(C)(C)C(=O)O)nnn1-c1cccc2cnccc12. The van der Waals surface area contributed by atoms with Crippen molar-refractivity contribution in [2.45, 2.75) is 20.8 Å². The molecule has 0 aliphatic rings. The summed E-state index contributed by atoms with van der Waals surface area (Å²) in [4.78, 5) is 27.7. The molecule has 0 spiro atoms. The lowest BCUT2D eigenvalue weighted by atomic mass is 9.94. The molecule has 0 saturated heterocycles. The van der Waals surface area contributed by atoms with E-state index in [1.54, 1.807) is 37.8 Å². The molecule has 8 nitrogen and oxygen atoms in total. The molecule has 0 unspecified atom stereocenters. The van der Waals surface area contributed by atoms with E-state index in [4.69, 9.17) is 5.11 Å². The molecule has 3 aromatic rings. The number of carbonyl (C=O) groups excluding carboxylic acids is 1. The van der Waals surface area contributed by atoms with Crippen molar-refractivity contribution in [3.05, 3.63) is 48.0 Å². The third-order valence-electron chi connectivity index (χ3n) is 4.27. The van der Waals surface area contributed by atoms with Crippen LogP contribution >= 0.6 is 0 Å². The molecule has 0 saturated carbocycles. The zero-order valence-corrected chi connectivity index (χ0v) is 14.7. The van der Waals surface area contributed by atoms with Crippen molar-refractivity contribution in [1.29, 1.82) is 0 Å². The minimum Gasteiger partial charge on any atom is -0.481 e. The molecule has 0 aliphatic carbocycles. The van der Waals surface area contributed by atoms with E-state index in [1.165, 1.54) is 0 Å². The van der Waals surface area contributed by atoms with Crippen LogP contribution in [0.5, 0.6) is 0 Å². The standard InChI is InChI=1S/C18H19N5O3/c1-11-15(16(24)20-10-18(2,3)17(25)26)21-22-23(11)14-6-4-5-12-9-19-8-7-13(12)14/h4-9H,10H2,1-3H3,(H,20,24)(H,25,26). The maximum absolute atomic E-state index is 12.4. The number of carbonyl (C=O) groups is 2. The largest absolute Gasteiger partial charge is 0.481 e. The van der Waals surface area contributed by atoms with E-state index >= 15 is 0 Å². The first-order chi connectivity index (χ1) is 12.3. The number of nitrogens with zero attached hydrogens (tertiary/aromatic N) is 4. The Morgan fingerprint density at radius 1 is 1.27 bits per heavy atom. The molecular formula is C18H19N5O3. The molecule has 0 fully saturated rings. The molecule has 2 heterocycles. The van der Waals surface area contributed by atoms with Gasteiger partial charge in [-0.15, -0.1) is 5.10 Å². The van der Waals surface area contributed by atoms with Gasteiger partial charge in [0, 0.05) is 29.7 Å². The molecule has 2 N–H and O–H groups in total. The van der Waals surface area contributed by atoms with Crippen molar-refractivity contribution < 1.29 is 14.7 Å². The van der Waals surface area contributed by atoms with Crippen LogP contribution in [0.3, 0.4) is 0 Å². The molecule has 1 amide bonds. The number of fused-ring (bicyclic) bond motifs is 1. The van der Waals surface area contributed by atoms with Gasteiger partial charge in [-0.05, 0) is 32.9 Å². The van der Waals surface area contributed by atoms with Crippen LogP contribution in [-0.2, 0) is 4.79 Å². The van der Waals surface area contributed by atoms with Crippen molar-refractivity contribution in [3.63, 3.8) is 0 Å². The van der Waals surface area contributed by atoms with Gasteiger partial charge in [-0.2, -0.15) is 0 Å². The van der Waals surface area contributed by atoms with Gasteiger partial charge in [0.15, 0.2) is 5.69 Å². The summed E-state index contributed by atoms with van der Waals surface area (Å²) < 4.78 is 1.60. The Morgan fingerprint density at radius 3 is 2.77 bits per heavy atom. The number of rotatable bonds is 5. The second kappa shape index (κ2) is 6.55. The number of nitrogens with one attached hydrogen (secondary N) is 1. The number of benzene rings is 1. The molecular weight excluding hydrogens is 334 g/mol. The maximum atomic E-state index is 12.4. The number of carboxylic acid groups (broad SMARTS) is 1. The van der Waals surface area contributed by atoms with Crippen LogP contribution in [0.2, 0.25) is 0 Å². The first kappa shape index (κ1) is 17.5. The minimum absolute atomic E-state index is 0.00654. The molecule has 26 heavy (non-hydrogen) atoms. The van der Waals surface area contributed by atoms with E-state index in [1.807, 2.05) is 24.3 Å². The maximum Gasteiger partial charge on any atom is 0.310 e. The highest BCUT2D eigenvalue weighted by atomic mass is 16.4. The highest BCUT2D eigenvalue weighted by molar-refractivity contribution is 5.94. The Labute approximate surface area is 149 Å². The van der Waals surface area contributed by atoms with Crippen molar-refractivity contribution in [2.75, 3.05) is 6.54 Å². The quantitative estimate of drug-likeness (QED) is 0.725. The lowest BCUT2D eigenvalue weighted by Crippen LogP contribution is -2.39. The predicted octanol–water partition coefficient (Wildman–Crippen LogP) is 1.96. The van der Waals surface area contributed by atoms with E-state index < -0.39 is 17.3 Å². The Morgan fingerprint density at radius 2 is 2.04 bits per heavy atom. The Kier molecular flexibility index (Phi) is 4.41. The summed E-state index contributed by atoms with van der Waals surface area (Å²) in [7, 11) is 0. The highest BCUT2D eigenvalue weighted by Gasteiger charge is 2.28. The molecule has 0 aliphatic heterocycles. The van der Waals surface area contributed by atoms with Gasteiger partial charge < -0.3 is 10.4 Å². The average molecular weight is 353 g/mol. The lowest BCUT2D eigenvalue weighted by Gasteiger charge is -2.19. The molecule has 1 aromatic carbocycles. The number of pyridine rings is 1. The summed E-state index contributed by atoms with van der Waals surface area (Å²) >= 11 is 0. The van der Waals surface area contributed by atoms with Crippen LogP contribution in [0.1, 0.15) is 30.0 Å². The zero-order valence-electron chi connectivity index (χ0n) is 14.7. The molecule has 0 bridgehead atoms. The van der Waals surface area contributed by atoms with Gasteiger partial charge in [0.05, 0.1) is 16.8 Å². The van der Waals surface area contributed by atoms with Crippen LogP contribution in [-0.4, -0.2) is 43.5 Å². The fraction of sp³-hybridized carbons (Fsp3) is 0.278. The smallest absolute Gasteiger partial charge is 0.310 e. The van der Waals surface area contributed by atoms with E-state index in [0.29, 0.717) is 5.69 Å². The summed E-state index contributed by atoms with van der Waals surface area (Å²) in [6.45, 7) is 4.83. The minimum atomic E-state index is -1.07. The van der Waals surface area contributed by atoms with Gasteiger partial charge >= 0.3 is 5.97 Å². The summed E-state index contributed by atoms with van der Waals surface area (Å²) in [6.07, 6.45) is 3.45.